The number of morpholine rings is 1. The molecule has 8 heteroatoms. The molecule has 32 heavy (non-hydrogen) atoms. The van der Waals surface area contributed by atoms with Crippen molar-refractivity contribution >= 4 is 40.1 Å². The predicted octanol–water partition coefficient (Wildman–Crippen LogP) is 3.51. The molecular weight excluding hydrogens is 410 g/mol. The Morgan fingerprint density at radius 2 is 1.62 bits per heavy atom. The van der Waals surface area contributed by atoms with E-state index in [1.807, 2.05) is 12.1 Å². The van der Waals surface area contributed by atoms with Gasteiger partial charge in [-0.05, 0) is 49.2 Å². The van der Waals surface area contributed by atoms with Gasteiger partial charge in [0.15, 0.2) is 0 Å². The van der Waals surface area contributed by atoms with Crippen LogP contribution in [-0.2, 0) is 9.53 Å². The van der Waals surface area contributed by atoms with Crippen molar-refractivity contribution in [1.82, 2.24) is 4.90 Å². The molecule has 1 saturated heterocycles. The maximum Gasteiger partial charge on any atom is 0.291 e. The molecule has 0 unspecified atom stereocenters. The maximum atomic E-state index is 13.1. The van der Waals surface area contributed by atoms with Crippen LogP contribution in [0, 0.1) is 5.92 Å². The summed E-state index contributed by atoms with van der Waals surface area (Å²) in [7, 11) is 0. The lowest BCUT2D eigenvalue weighted by Crippen LogP contribution is -2.40. The Hall–Kier alpha value is -3.65. The standard InChI is InChI=1S/C24H23N3O5/c28-22(15-5-6-15)25-17-9-7-16(8-10-17)23(29)26-20-18-3-1-2-4-19(18)32-21(20)24(30)27-11-13-31-14-12-27/h1-4,7-10,15H,5-6,11-14H2,(H,25,28)(H,26,29). The number of benzene rings is 2. The molecule has 1 aliphatic heterocycles. The Labute approximate surface area is 184 Å². The highest BCUT2D eigenvalue weighted by atomic mass is 16.5. The number of rotatable bonds is 5. The first-order chi connectivity index (χ1) is 15.6. The summed E-state index contributed by atoms with van der Waals surface area (Å²) >= 11 is 0. The van der Waals surface area contributed by atoms with Crippen LogP contribution in [0.1, 0.15) is 33.8 Å². The Morgan fingerprint density at radius 3 is 2.34 bits per heavy atom. The number of hydrogen-bond donors (Lipinski definition) is 2. The minimum atomic E-state index is -0.368. The van der Waals surface area contributed by atoms with E-state index in [2.05, 4.69) is 10.6 Å². The molecule has 0 bridgehead atoms. The van der Waals surface area contributed by atoms with Crippen LogP contribution in [0.25, 0.3) is 11.0 Å². The van der Waals surface area contributed by atoms with Crippen molar-refractivity contribution < 1.29 is 23.5 Å². The van der Waals surface area contributed by atoms with Gasteiger partial charge in [0, 0.05) is 35.6 Å². The summed E-state index contributed by atoms with van der Waals surface area (Å²) in [5.41, 5.74) is 1.94. The van der Waals surface area contributed by atoms with Crippen LogP contribution in [0.15, 0.2) is 52.9 Å². The normalized spacial score (nSPS) is 16.1. The van der Waals surface area contributed by atoms with Gasteiger partial charge in [-0.2, -0.15) is 0 Å². The van der Waals surface area contributed by atoms with E-state index < -0.39 is 0 Å². The molecule has 5 rings (SSSR count). The van der Waals surface area contributed by atoms with Gasteiger partial charge in [-0.3, -0.25) is 14.4 Å². The van der Waals surface area contributed by atoms with E-state index in [9.17, 15) is 14.4 Å². The maximum absolute atomic E-state index is 13.1. The number of fused-ring (bicyclic) bond motifs is 1. The zero-order valence-electron chi connectivity index (χ0n) is 17.4. The summed E-state index contributed by atoms with van der Waals surface area (Å²) in [6.45, 7) is 1.88. The van der Waals surface area contributed by atoms with Gasteiger partial charge in [-0.15, -0.1) is 0 Å². The van der Waals surface area contributed by atoms with Crippen molar-refractivity contribution in [3.8, 4) is 0 Å². The minimum absolute atomic E-state index is 0.0123. The first kappa shape index (κ1) is 20.3. The second kappa shape index (κ2) is 8.47. The summed E-state index contributed by atoms with van der Waals surface area (Å²) < 4.78 is 11.2. The van der Waals surface area contributed by atoms with Gasteiger partial charge in [0.2, 0.25) is 11.7 Å². The fourth-order valence-electron chi connectivity index (χ4n) is 3.71. The van der Waals surface area contributed by atoms with E-state index in [1.54, 1.807) is 41.3 Å². The van der Waals surface area contributed by atoms with Gasteiger partial charge in [0.1, 0.15) is 11.3 Å². The molecule has 1 aliphatic carbocycles. The van der Waals surface area contributed by atoms with Gasteiger partial charge < -0.3 is 24.7 Å². The highest BCUT2D eigenvalue weighted by molar-refractivity contribution is 6.14. The van der Waals surface area contributed by atoms with Crippen molar-refractivity contribution in [3.63, 3.8) is 0 Å². The van der Waals surface area contributed by atoms with Gasteiger partial charge in [-0.25, -0.2) is 0 Å². The lowest BCUT2D eigenvalue weighted by Gasteiger charge is -2.26. The quantitative estimate of drug-likeness (QED) is 0.641. The summed E-state index contributed by atoms with van der Waals surface area (Å²) in [6.07, 6.45) is 1.85. The number of furan rings is 1. The third-order valence-electron chi connectivity index (χ3n) is 5.69. The molecule has 0 spiro atoms. The third-order valence-corrected chi connectivity index (χ3v) is 5.69. The van der Waals surface area contributed by atoms with E-state index in [0.717, 1.165) is 12.8 Å². The fraction of sp³-hybridized carbons (Fsp3) is 0.292. The number of nitrogens with one attached hydrogen (secondary N) is 2. The molecular formula is C24H23N3O5. The van der Waals surface area contributed by atoms with E-state index in [0.29, 0.717) is 54.2 Å². The summed E-state index contributed by atoms with van der Waals surface area (Å²) in [5.74, 6) is -0.423. The highest BCUT2D eigenvalue weighted by Gasteiger charge is 2.30. The number of ether oxygens (including phenoxy) is 1. The minimum Gasteiger partial charge on any atom is -0.449 e. The summed E-state index contributed by atoms with van der Waals surface area (Å²) in [6, 6.07) is 13.9. The number of hydrogen-bond acceptors (Lipinski definition) is 5. The van der Waals surface area contributed by atoms with Crippen molar-refractivity contribution in [3.05, 3.63) is 59.9 Å². The van der Waals surface area contributed by atoms with Crippen molar-refractivity contribution in [2.75, 3.05) is 36.9 Å². The Morgan fingerprint density at radius 1 is 0.906 bits per heavy atom. The van der Waals surface area contributed by atoms with Crippen LogP contribution in [0.3, 0.4) is 0 Å². The first-order valence-electron chi connectivity index (χ1n) is 10.7. The Balaban J connectivity index is 1.38. The van der Waals surface area contributed by atoms with Gasteiger partial charge in [0.05, 0.1) is 13.2 Å². The van der Waals surface area contributed by atoms with E-state index in [4.69, 9.17) is 9.15 Å². The molecule has 3 amide bonds. The highest BCUT2D eigenvalue weighted by Crippen LogP contribution is 2.33. The van der Waals surface area contributed by atoms with Gasteiger partial charge in [0.25, 0.3) is 11.8 Å². The van der Waals surface area contributed by atoms with Crippen LogP contribution in [0.5, 0.6) is 0 Å². The molecule has 2 N–H and O–H groups in total. The fourth-order valence-corrected chi connectivity index (χ4v) is 3.71. The van der Waals surface area contributed by atoms with Gasteiger partial charge >= 0.3 is 0 Å². The van der Waals surface area contributed by atoms with E-state index in [1.165, 1.54) is 0 Å². The molecule has 1 aromatic heterocycles. The summed E-state index contributed by atoms with van der Waals surface area (Å²) in [5, 5.41) is 6.37. The van der Waals surface area contributed by atoms with Crippen LogP contribution < -0.4 is 10.6 Å². The lowest BCUT2D eigenvalue weighted by atomic mass is 10.1. The molecule has 2 aliphatic rings. The monoisotopic (exact) mass is 433 g/mol. The van der Waals surface area contributed by atoms with Crippen molar-refractivity contribution in [2.24, 2.45) is 5.92 Å². The van der Waals surface area contributed by atoms with Crippen LogP contribution in [0.4, 0.5) is 11.4 Å². The molecule has 2 aromatic carbocycles. The average molecular weight is 433 g/mol. The van der Waals surface area contributed by atoms with Crippen LogP contribution in [-0.4, -0.2) is 48.9 Å². The molecule has 164 valence electrons. The second-order valence-electron chi connectivity index (χ2n) is 8.00. The average Bonchev–Trinajstić information content (AvgIpc) is 3.62. The smallest absolute Gasteiger partial charge is 0.291 e. The molecule has 2 fully saturated rings. The molecule has 8 nitrogen and oxygen atoms in total. The van der Waals surface area contributed by atoms with Crippen molar-refractivity contribution in [1.29, 1.82) is 0 Å². The number of carbonyl (C=O) groups excluding carboxylic acids is 3. The van der Waals surface area contributed by atoms with E-state index in [-0.39, 0.29) is 29.4 Å². The number of carbonyl (C=O) groups is 3. The topological polar surface area (TPSA) is 101 Å². The second-order valence-corrected chi connectivity index (χ2v) is 8.00. The largest absolute Gasteiger partial charge is 0.449 e. The lowest BCUT2D eigenvalue weighted by molar-refractivity contribution is -0.117. The summed E-state index contributed by atoms with van der Waals surface area (Å²) in [4.78, 5) is 39.7. The van der Waals surface area contributed by atoms with Crippen LogP contribution >= 0.6 is 0 Å². The Kier molecular flexibility index (Phi) is 5.36. The zero-order valence-corrected chi connectivity index (χ0v) is 17.4. The first-order valence-corrected chi connectivity index (χ1v) is 10.7. The number of amides is 3. The molecule has 3 aromatic rings. The van der Waals surface area contributed by atoms with Crippen molar-refractivity contribution in [2.45, 2.75) is 12.8 Å². The van der Waals surface area contributed by atoms with Gasteiger partial charge in [-0.1, -0.05) is 12.1 Å². The molecule has 2 heterocycles. The number of para-hydroxylation sites is 1. The number of nitrogens with zero attached hydrogens (tertiary/aromatic N) is 1. The SMILES string of the molecule is O=C(Nc1c(C(=O)N2CCOCC2)oc2ccccc12)c1ccc(NC(=O)C2CC2)cc1. The molecule has 1 saturated carbocycles. The van der Waals surface area contributed by atoms with E-state index >= 15 is 0 Å². The van der Waals surface area contributed by atoms with Crippen LogP contribution in [0.2, 0.25) is 0 Å². The third kappa shape index (κ3) is 4.09. The Bertz CT molecular complexity index is 1170. The predicted molar refractivity (Wildman–Crippen MR) is 119 cm³/mol. The molecule has 0 atom stereocenters. The molecule has 0 radical (unpaired) electrons. The number of anilines is 2. The zero-order chi connectivity index (χ0) is 22.1.